The number of aromatic nitrogens is 2. The second-order valence-corrected chi connectivity index (χ2v) is 7.92. The van der Waals surface area contributed by atoms with Crippen molar-refractivity contribution in [3.8, 4) is 5.75 Å². The van der Waals surface area contributed by atoms with Crippen molar-refractivity contribution in [3.63, 3.8) is 0 Å². The molecule has 0 aliphatic heterocycles. The van der Waals surface area contributed by atoms with E-state index < -0.39 is 9.04 Å². The van der Waals surface area contributed by atoms with Crippen LogP contribution >= 0.6 is 0 Å². The molecule has 2 rings (SSSR count). The fourth-order valence-electron chi connectivity index (χ4n) is 2.37. The lowest BCUT2D eigenvalue weighted by atomic mass is 10.1. The average Bonchev–Trinajstić information content (AvgIpc) is 2.47. The highest BCUT2D eigenvalue weighted by Gasteiger charge is 2.13. The lowest BCUT2D eigenvalue weighted by Gasteiger charge is -2.17. The van der Waals surface area contributed by atoms with E-state index in [2.05, 4.69) is 36.1 Å². The quantitative estimate of drug-likeness (QED) is 0.624. The smallest absolute Gasteiger partial charge is 0.229 e. The van der Waals surface area contributed by atoms with E-state index in [1.807, 2.05) is 32.0 Å². The maximum Gasteiger partial charge on any atom is 0.229 e. The molecule has 0 spiro atoms. The second kappa shape index (κ2) is 7.31. The topological polar surface area (TPSA) is 47.4 Å². The van der Waals surface area contributed by atoms with Crippen LogP contribution in [0.3, 0.4) is 0 Å². The van der Waals surface area contributed by atoms with Crippen LogP contribution in [-0.4, -0.2) is 24.7 Å². The van der Waals surface area contributed by atoms with Crippen LogP contribution in [0.5, 0.6) is 5.75 Å². The molecule has 2 aromatic rings. The van der Waals surface area contributed by atoms with Gasteiger partial charge in [-0.1, -0.05) is 18.2 Å². The molecule has 0 radical (unpaired) electrons. The molecule has 0 bridgehead atoms. The average molecular weight is 313 g/mol. The molecular weight excluding hydrogens is 290 g/mol. The predicted octanol–water partition coefficient (Wildman–Crippen LogP) is 3.72. The van der Waals surface area contributed by atoms with E-state index >= 15 is 0 Å². The first-order valence-electron chi connectivity index (χ1n) is 7.57. The number of nitrogens with zero attached hydrogens (tertiary/aromatic N) is 3. The van der Waals surface area contributed by atoms with Gasteiger partial charge in [0, 0.05) is 18.0 Å². The van der Waals surface area contributed by atoms with Gasteiger partial charge >= 0.3 is 0 Å². The predicted molar refractivity (Wildman–Crippen MR) is 93.3 cm³/mol. The van der Waals surface area contributed by atoms with Gasteiger partial charge in [0.15, 0.2) is 0 Å². The molecule has 116 valence electrons. The van der Waals surface area contributed by atoms with Crippen molar-refractivity contribution in [2.24, 2.45) is 4.99 Å². The highest BCUT2D eigenvalue weighted by Crippen LogP contribution is 2.28. The number of aryl methyl sites for hydroxylation is 1. The van der Waals surface area contributed by atoms with Crippen molar-refractivity contribution in [1.29, 1.82) is 0 Å². The van der Waals surface area contributed by atoms with E-state index in [-0.39, 0.29) is 6.04 Å². The van der Waals surface area contributed by atoms with Crippen molar-refractivity contribution < 1.29 is 4.43 Å². The molecule has 1 aromatic carbocycles. The highest BCUT2D eigenvalue weighted by atomic mass is 28.3. The lowest BCUT2D eigenvalue weighted by Crippen LogP contribution is -2.13. The third kappa shape index (κ3) is 4.01. The number of benzene rings is 1. The summed E-state index contributed by atoms with van der Waals surface area (Å²) in [6.45, 7) is 10.3. The van der Waals surface area contributed by atoms with Crippen LogP contribution in [0.15, 0.2) is 41.7 Å². The Hall–Kier alpha value is -2.01. The molecule has 0 aliphatic carbocycles. The van der Waals surface area contributed by atoms with Crippen LogP contribution in [-0.2, 0) is 0 Å². The summed E-state index contributed by atoms with van der Waals surface area (Å²) in [6.07, 6.45) is 3.40. The van der Waals surface area contributed by atoms with Crippen LogP contribution in [0.2, 0.25) is 13.1 Å². The van der Waals surface area contributed by atoms with Crippen molar-refractivity contribution in [2.75, 3.05) is 0 Å². The van der Waals surface area contributed by atoms with Crippen LogP contribution in [0, 0.1) is 6.92 Å². The Morgan fingerprint density at radius 2 is 1.86 bits per heavy atom. The Balaban J connectivity index is 2.31. The van der Waals surface area contributed by atoms with E-state index in [1.165, 1.54) is 0 Å². The molecule has 0 amide bonds. The molecule has 0 saturated carbocycles. The van der Waals surface area contributed by atoms with Gasteiger partial charge in [0.25, 0.3) is 0 Å². The maximum atomic E-state index is 6.02. The molecule has 1 aromatic heterocycles. The fraction of sp³-hybridized carbons (Fsp3) is 0.353. The van der Waals surface area contributed by atoms with Gasteiger partial charge in [0.1, 0.15) is 11.4 Å². The Kier molecular flexibility index (Phi) is 5.44. The first-order valence-corrected chi connectivity index (χ1v) is 10.3. The largest absolute Gasteiger partial charge is 0.547 e. The summed E-state index contributed by atoms with van der Waals surface area (Å²) in [6, 6.07) is 8.16. The Morgan fingerprint density at radius 1 is 1.18 bits per heavy atom. The monoisotopic (exact) mass is 313 g/mol. The number of aliphatic imine (C=N–C) groups is 1. The zero-order valence-corrected chi connectivity index (χ0v) is 15.0. The van der Waals surface area contributed by atoms with Gasteiger partial charge in [0.05, 0.1) is 17.4 Å². The van der Waals surface area contributed by atoms with E-state index in [0.29, 0.717) is 0 Å². The Morgan fingerprint density at radius 3 is 2.55 bits per heavy atom. The summed E-state index contributed by atoms with van der Waals surface area (Å²) in [5.41, 5.74) is 3.76. The summed E-state index contributed by atoms with van der Waals surface area (Å²) in [5, 5.41) is 0. The molecule has 1 atom stereocenters. The molecule has 0 aliphatic rings. The Bertz CT molecular complexity index is 670. The minimum atomic E-state index is -1.14. The van der Waals surface area contributed by atoms with Gasteiger partial charge in [-0.3, -0.25) is 15.0 Å². The summed E-state index contributed by atoms with van der Waals surface area (Å²) >= 11 is 0. The van der Waals surface area contributed by atoms with Crippen LogP contribution in [0.25, 0.3) is 0 Å². The van der Waals surface area contributed by atoms with Crippen molar-refractivity contribution in [2.45, 2.75) is 39.9 Å². The molecule has 0 saturated heterocycles. The lowest BCUT2D eigenvalue weighted by molar-refractivity contribution is 0.563. The zero-order chi connectivity index (χ0) is 16.1. The number of hydrogen-bond acceptors (Lipinski definition) is 4. The molecule has 22 heavy (non-hydrogen) atoms. The number of para-hydroxylation sites is 1. The molecule has 1 unspecified atom stereocenters. The normalized spacial score (nSPS) is 13.3. The first-order chi connectivity index (χ1) is 10.5. The van der Waals surface area contributed by atoms with Gasteiger partial charge in [-0.2, -0.15) is 0 Å². The minimum absolute atomic E-state index is 0.0188. The molecule has 0 N–H and O–H groups in total. The van der Waals surface area contributed by atoms with Gasteiger partial charge < -0.3 is 4.43 Å². The summed E-state index contributed by atoms with van der Waals surface area (Å²) in [7, 11) is -1.14. The van der Waals surface area contributed by atoms with Crippen LogP contribution in [0.4, 0.5) is 0 Å². The van der Waals surface area contributed by atoms with Crippen molar-refractivity contribution >= 4 is 14.8 Å². The number of rotatable bonds is 5. The number of hydrogen-bond donors (Lipinski definition) is 0. The van der Waals surface area contributed by atoms with Gasteiger partial charge in [-0.15, -0.1) is 0 Å². The van der Waals surface area contributed by atoms with E-state index in [0.717, 1.165) is 28.4 Å². The Labute approximate surface area is 134 Å². The molecule has 5 heteroatoms. The van der Waals surface area contributed by atoms with Crippen molar-refractivity contribution in [1.82, 2.24) is 9.97 Å². The molecule has 1 heterocycles. The summed E-state index contributed by atoms with van der Waals surface area (Å²) in [4.78, 5) is 13.4. The third-order valence-corrected chi connectivity index (χ3v) is 4.07. The first kappa shape index (κ1) is 16.4. The maximum absolute atomic E-state index is 6.02. The van der Waals surface area contributed by atoms with Crippen LogP contribution in [0.1, 0.15) is 36.8 Å². The van der Waals surface area contributed by atoms with Gasteiger partial charge in [-0.25, -0.2) is 0 Å². The fourth-order valence-corrected chi connectivity index (χ4v) is 3.09. The van der Waals surface area contributed by atoms with Crippen molar-refractivity contribution in [3.05, 3.63) is 53.6 Å². The summed E-state index contributed by atoms with van der Waals surface area (Å²) < 4.78 is 6.02. The van der Waals surface area contributed by atoms with E-state index in [1.54, 1.807) is 12.4 Å². The van der Waals surface area contributed by atoms with Crippen LogP contribution < -0.4 is 4.43 Å². The molecule has 0 fully saturated rings. The highest BCUT2D eigenvalue weighted by molar-refractivity contribution is 6.49. The van der Waals surface area contributed by atoms with Gasteiger partial charge in [-0.05, 0) is 39.9 Å². The molecule has 4 nitrogen and oxygen atoms in total. The zero-order valence-electron chi connectivity index (χ0n) is 13.9. The SMILES string of the molecule is CC(=NC(C)c1ccccc1O[SiH](C)C)c1nccnc1C. The molecular formula is C17H23N3OSi. The van der Waals surface area contributed by atoms with Gasteiger partial charge in [0.2, 0.25) is 9.04 Å². The van der Waals surface area contributed by atoms with E-state index in [9.17, 15) is 0 Å². The minimum Gasteiger partial charge on any atom is -0.547 e. The standard InChI is InChI=1S/C17H23N3OSi/c1-12(15-8-6-7-9-16(15)21-22(4)5)20-14(3)17-13(2)18-10-11-19-17/h6-12,22H,1-5H3. The third-order valence-electron chi connectivity index (χ3n) is 3.34. The second-order valence-electron chi connectivity index (χ2n) is 5.59. The van der Waals surface area contributed by atoms with E-state index in [4.69, 9.17) is 9.42 Å². The summed E-state index contributed by atoms with van der Waals surface area (Å²) in [5.74, 6) is 0.948.